The van der Waals surface area contributed by atoms with E-state index in [1.165, 1.54) is 6.42 Å². The van der Waals surface area contributed by atoms with Crippen LogP contribution in [0.4, 0.5) is 4.79 Å². The maximum Gasteiger partial charge on any atom is 0.318 e. The Hall–Kier alpha value is -3.13. The molecule has 2 aromatic carbocycles. The second kappa shape index (κ2) is 12.2. The van der Waals surface area contributed by atoms with Gasteiger partial charge in [-0.3, -0.25) is 14.9 Å². The molecule has 1 aliphatic carbocycles. The van der Waals surface area contributed by atoms with Crippen LogP contribution in [-0.2, 0) is 16.0 Å². The number of ether oxygens (including phenoxy) is 1. The SMILES string of the molecule is NC(=O)NC(=O)Cc1cc2ccccc2cc1OCCCCNC(=O)[C@@H](N)C1CCCCC1. The number of hydrogen-bond donors (Lipinski definition) is 4. The molecule has 0 spiro atoms. The minimum absolute atomic E-state index is 0.0157. The Morgan fingerprint density at radius 1 is 1.03 bits per heavy atom. The maximum absolute atomic E-state index is 12.3. The summed E-state index contributed by atoms with van der Waals surface area (Å²) >= 11 is 0. The molecule has 1 saturated carbocycles. The van der Waals surface area contributed by atoms with Crippen LogP contribution in [0.25, 0.3) is 10.8 Å². The molecule has 8 heteroatoms. The van der Waals surface area contributed by atoms with Crippen molar-refractivity contribution in [3.05, 3.63) is 42.0 Å². The number of fused-ring (bicyclic) bond motifs is 1. The number of imide groups is 1. The molecule has 0 saturated heterocycles. The summed E-state index contributed by atoms with van der Waals surface area (Å²) in [6, 6.07) is 10.3. The Balaban J connectivity index is 1.48. The van der Waals surface area contributed by atoms with Gasteiger partial charge >= 0.3 is 6.03 Å². The fraction of sp³-hybridized carbons (Fsp3) is 0.480. The zero-order valence-corrected chi connectivity index (χ0v) is 19.0. The summed E-state index contributed by atoms with van der Waals surface area (Å²) in [5.41, 5.74) is 11.9. The van der Waals surface area contributed by atoms with Crippen molar-refractivity contribution < 1.29 is 19.1 Å². The molecule has 4 amide bonds. The van der Waals surface area contributed by atoms with Crippen LogP contribution in [-0.4, -0.2) is 37.0 Å². The van der Waals surface area contributed by atoms with Gasteiger partial charge < -0.3 is 21.5 Å². The van der Waals surface area contributed by atoms with E-state index in [-0.39, 0.29) is 12.3 Å². The lowest BCUT2D eigenvalue weighted by molar-refractivity contribution is -0.123. The lowest BCUT2D eigenvalue weighted by Gasteiger charge is -2.26. The quantitative estimate of drug-likeness (QED) is 0.409. The number of amides is 4. The third-order valence-corrected chi connectivity index (χ3v) is 6.13. The highest BCUT2D eigenvalue weighted by Gasteiger charge is 2.25. The first-order valence-electron chi connectivity index (χ1n) is 11.7. The van der Waals surface area contributed by atoms with Crippen LogP contribution >= 0.6 is 0 Å². The van der Waals surface area contributed by atoms with Crippen molar-refractivity contribution in [1.29, 1.82) is 0 Å². The third kappa shape index (κ3) is 7.46. The van der Waals surface area contributed by atoms with Crippen LogP contribution in [0.5, 0.6) is 5.75 Å². The third-order valence-electron chi connectivity index (χ3n) is 6.13. The molecule has 1 atom stereocenters. The number of primary amides is 1. The molecule has 0 bridgehead atoms. The Morgan fingerprint density at radius 2 is 1.73 bits per heavy atom. The zero-order valence-electron chi connectivity index (χ0n) is 19.0. The van der Waals surface area contributed by atoms with Crippen molar-refractivity contribution in [3.8, 4) is 5.75 Å². The summed E-state index contributed by atoms with van der Waals surface area (Å²) in [6.07, 6.45) is 7.10. The van der Waals surface area contributed by atoms with Gasteiger partial charge in [-0.05, 0) is 54.5 Å². The average Bonchev–Trinajstić information content (AvgIpc) is 2.80. The van der Waals surface area contributed by atoms with E-state index in [1.807, 2.05) is 36.4 Å². The Bertz CT molecular complexity index is 972. The summed E-state index contributed by atoms with van der Waals surface area (Å²) in [6.45, 7) is 0.988. The number of hydrogen-bond acceptors (Lipinski definition) is 5. The Kier molecular flexibility index (Phi) is 9.06. The number of rotatable bonds is 10. The molecule has 0 unspecified atom stereocenters. The molecule has 1 fully saturated rings. The number of carbonyl (C=O) groups is 3. The molecule has 0 aromatic heterocycles. The molecule has 3 rings (SSSR count). The topological polar surface area (TPSA) is 137 Å². The number of benzene rings is 2. The molecule has 33 heavy (non-hydrogen) atoms. The highest BCUT2D eigenvalue weighted by Crippen LogP contribution is 2.27. The van der Waals surface area contributed by atoms with E-state index in [2.05, 4.69) is 10.6 Å². The molecule has 1 aliphatic rings. The maximum atomic E-state index is 12.3. The monoisotopic (exact) mass is 454 g/mol. The molecular formula is C25H34N4O4. The van der Waals surface area contributed by atoms with Crippen molar-refractivity contribution in [2.45, 2.75) is 57.4 Å². The molecule has 2 aromatic rings. The summed E-state index contributed by atoms with van der Waals surface area (Å²) in [5.74, 6) is 0.330. The first-order chi connectivity index (χ1) is 15.9. The predicted octanol–water partition coefficient (Wildman–Crippen LogP) is 2.76. The molecule has 0 aliphatic heterocycles. The van der Waals surface area contributed by atoms with Gasteiger partial charge in [0.2, 0.25) is 11.8 Å². The molecule has 0 radical (unpaired) electrons. The lowest BCUT2D eigenvalue weighted by Crippen LogP contribution is -2.46. The van der Waals surface area contributed by atoms with Gasteiger partial charge in [0.05, 0.1) is 19.1 Å². The minimum Gasteiger partial charge on any atom is -0.493 e. The van der Waals surface area contributed by atoms with E-state index in [0.29, 0.717) is 30.4 Å². The highest BCUT2D eigenvalue weighted by molar-refractivity contribution is 5.95. The summed E-state index contributed by atoms with van der Waals surface area (Å²) in [5, 5.41) is 7.00. The molecule has 178 valence electrons. The standard InChI is InChI=1S/C25H34N4O4/c26-23(17-8-2-1-3-9-17)24(31)28-12-6-7-13-33-21-15-19-11-5-4-10-18(19)14-20(21)16-22(30)29-25(27)32/h4-5,10-11,14-15,17,23H,1-3,6-9,12-13,16,26H2,(H,28,31)(H3,27,29,30,32)/t23-/m0/s1. The van der Waals surface area contributed by atoms with Gasteiger partial charge in [-0.2, -0.15) is 0 Å². The van der Waals surface area contributed by atoms with Crippen LogP contribution in [0.2, 0.25) is 0 Å². The average molecular weight is 455 g/mol. The van der Waals surface area contributed by atoms with Crippen LogP contribution in [0.15, 0.2) is 36.4 Å². The van der Waals surface area contributed by atoms with Crippen molar-refractivity contribution in [2.24, 2.45) is 17.4 Å². The van der Waals surface area contributed by atoms with Crippen molar-refractivity contribution in [3.63, 3.8) is 0 Å². The lowest BCUT2D eigenvalue weighted by atomic mass is 9.84. The van der Waals surface area contributed by atoms with Crippen LogP contribution in [0, 0.1) is 5.92 Å². The summed E-state index contributed by atoms with van der Waals surface area (Å²) in [4.78, 5) is 35.3. The van der Waals surface area contributed by atoms with E-state index in [9.17, 15) is 14.4 Å². The summed E-state index contributed by atoms with van der Waals surface area (Å²) < 4.78 is 5.97. The van der Waals surface area contributed by atoms with Crippen LogP contribution in [0.3, 0.4) is 0 Å². The highest BCUT2D eigenvalue weighted by atomic mass is 16.5. The van der Waals surface area contributed by atoms with Crippen molar-refractivity contribution in [1.82, 2.24) is 10.6 Å². The van der Waals surface area contributed by atoms with E-state index in [4.69, 9.17) is 16.2 Å². The molecule has 8 nitrogen and oxygen atoms in total. The van der Waals surface area contributed by atoms with Gasteiger partial charge in [0.15, 0.2) is 0 Å². The smallest absolute Gasteiger partial charge is 0.318 e. The Labute approximate surface area is 194 Å². The van der Waals surface area contributed by atoms with E-state index < -0.39 is 18.0 Å². The second-order valence-corrected chi connectivity index (χ2v) is 8.67. The minimum atomic E-state index is -0.881. The van der Waals surface area contributed by atoms with Crippen molar-refractivity contribution in [2.75, 3.05) is 13.2 Å². The fourth-order valence-corrected chi connectivity index (χ4v) is 4.34. The number of nitrogens with two attached hydrogens (primary N) is 2. The van der Waals surface area contributed by atoms with Gasteiger partial charge in [-0.1, -0.05) is 43.5 Å². The molecule has 0 heterocycles. The number of unbranched alkanes of at least 4 members (excludes halogenated alkanes) is 1. The van der Waals surface area contributed by atoms with Gasteiger partial charge in [0.25, 0.3) is 0 Å². The predicted molar refractivity (Wildman–Crippen MR) is 128 cm³/mol. The normalized spacial score (nSPS) is 15.1. The van der Waals surface area contributed by atoms with Gasteiger partial charge in [-0.15, -0.1) is 0 Å². The first-order valence-corrected chi connectivity index (χ1v) is 11.7. The van der Waals surface area contributed by atoms with Crippen LogP contribution in [0.1, 0.15) is 50.5 Å². The number of nitrogens with one attached hydrogen (secondary N) is 2. The fourth-order valence-electron chi connectivity index (χ4n) is 4.34. The van der Waals surface area contributed by atoms with E-state index >= 15 is 0 Å². The van der Waals surface area contributed by atoms with Gasteiger partial charge in [0, 0.05) is 12.1 Å². The number of carbonyl (C=O) groups excluding carboxylic acids is 3. The molecular weight excluding hydrogens is 420 g/mol. The van der Waals surface area contributed by atoms with Crippen LogP contribution < -0.4 is 26.8 Å². The van der Waals surface area contributed by atoms with Gasteiger partial charge in [-0.25, -0.2) is 4.79 Å². The first kappa shape index (κ1) is 24.5. The van der Waals surface area contributed by atoms with E-state index in [1.54, 1.807) is 0 Å². The van der Waals surface area contributed by atoms with Gasteiger partial charge in [0.1, 0.15) is 5.75 Å². The largest absolute Gasteiger partial charge is 0.493 e. The summed E-state index contributed by atoms with van der Waals surface area (Å²) in [7, 11) is 0. The second-order valence-electron chi connectivity index (χ2n) is 8.67. The zero-order chi connectivity index (χ0) is 23.6. The Morgan fingerprint density at radius 3 is 2.42 bits per heavy atom. The molecule has 6 N–H and O–H groups in total. The van der Waals surface area contributed by atoms with E-state index in [0.717, 1.165) is 49.3 Å². The van der Waals surface area contributed by atoms with Crippen molar-refractivity contribution >= 4 is 28.6 Å². The number of urea groups is 1.